The van der Waals surface area contributed by atoms with Gasteiger partial charge in [-0.05, 0) is 69.4 Å². The molecule has 0 amide bonds. The molecule has 0 saturated carbocycles. The van der Waals surface area contributed by atoms with Crippen LogP contribution in [-0.2, 0) is 5.41 Å². The number of hydrogen-bond donors (Lipinski definition) is 0. The lowest BCUT2D eigenvalue weighted by atomic mass is 9.68. The van der Waals surface area contributed by atoms with E-state index in [1.54, 1.807) is 0 Å². The molecule has 1 aliphatic carbocycles. The van der Waals surface area contributed by atoms with Gasteiger partial charge in [-0.1, -0.05) is 117 Å². The quantitative estimate of drug-likeness (QED) is 0.192. The summed E-state index contributed by atoms with van der Waals surface area (Å²) in [5, 5.41) is 8.18. The molecule has 1 aliphatic rings. The van der Waals surface area contributed by atoms with Crippen molar-refractivity contribution in [2.75, 3.05) is 0 Å². The summed E-state index contributed by atoms with van der Waals surface area (Å²) in [5.74, 6) is 0.653. The molecule has 4 heteroatoms. The molecule has 0 saturated heterocycles. The van der Waals surface area contributed by atoms with Crippen molar-refractivity contribution in [3.8, 4) is 28.3 Å². The number of para-hydroxylation sites is 3. The number of aromatic nitrogens is 3. The maximum Gasteiger partial charge on any atom is 0.235 e. The van der Waals surface area contributed by atoms with Crippen molar-refractivity contribution in [3.63, 3.8) is 0 Å². The Balaban J connectivity index is 1.25. The molecule has 0 aliphatic heterocycles. The third kappa shape index (κ3) is 3.53. The van der Waals surface area contributed by atoms with Crippen molar-refractivity contribution in [2.45, 2.75) is 19.3 Å². The summed E-state index contributed by atoms with van der Waals surface area (Å²) in [6.07, 6.45) is 0. The van der Waals surface area contributed by atoms with Gasteiger partial charge in [0, 0.05) is 37.9 Å². The van der Waals surface area contributed by atoms with Crippen molar-refractivity contribution in [2.24, 2.45) is 0 Å². The lowest BCUT2D eigenvalue weighted by Crippen LogP contribution is -2.23. The highest BCUT2D eigenvalue weighted by Crippen LogP contribution is 2.50. The molecule has 0 bridgehead atoms. The van der Waals surface area contributed by atoms with Crippen LogP contribution >= 0.6 is 0 Å². The first-order valence-electron chi connectivity index (χ1n) is 16.8. The first-order chi connectivity index (χ1) is 24.1. The van der Waals surface area contributed by atoms with Gasteiger partial charge in [-0.25, -0.2) is 9.97 Å². The van der Waals surface area contributed by atoms with E-state index in [-0.39, 0.29) is 5.41 Å². The minimum atomic E-state index is -0.202. The molecular formula is C45H29N3O. The molecular weight excluding hydrogens is 599 g/mol. The summed E-state index contributed by atoms with van der Waals surface area (Å²) >= 11 is 0. The molecule has 49 heavy (non-hydrogen) atoms. The van der Waals surface area contributed by atoms with E-state index >= 15 is 0 Å². The number of hydrogen-bond acceptors (Lipinski definition) is 3. The minimum absolute atomic E-state index is 0.202. The topological polar surface area (TPSA) is 43.9 Å². The zero-order valence-corrected chi connectivity index (χ0v) is 27.0. The van der Waals surface area contributed by atoms with Gasteiger partial charge in [-0.2, -0.15) is 0 Å². The molecule has 0 radical (unpaired) electrons. The van der Waals surface area contributed by atoms with E-state index < -0.39 is 0 Å². The number of furan rings is 1. The Bertz CT molecular complexity index is 3030. The molecule has 230 valence electrons. The van der Waals surface area contributed by atoms with Crippen molar-refractivity contribution >= 4 is 65.4 Å². The average molecular weight is 628 g/mol. The molecule has 0 atom stereocenters. The predicted molar refractivity (Wildman–Crippen MR) is 202 cm³/mol. The first-order valence-corrected chi connectivity index (χ1v) is 16.8. The lowest BCUT2D eigenvalue weighted by molar-refractivity contribution is 0.646. The lowest BCUT2D eigenvalue weighted by Gasteiger charge is -2.35. The fourth-order valence-corrected chi connectivity index (χ4v) is 8.54. The van der Waals surface area contributed by atoms with Crippen molar-refractivity contribution in [1.82, 2.24) is 14.5 Å². The molecule has 11 rings (SSSR count). The van der Waals surface area contributed by atoms with E-state index in [1.807, 2.05) is 18.2 Å². The SMILES string of the molecule is CC1(C)c2cc3c(cc2-c2cccc4cccc1c24)c1ccccc1n3-c1nc(-c2cccc3oc4ccccc4c23)c2ccccc2n1. The fourth-order valence-electron chi connectivity index (χ4n) is 8.54. The van der Waals surface area contributed by atoms with E-state index in [9.17, 15) is 0 Å². The van der Waals surface area contributed by atoms with E-state index in [2.05, 4.69) is 140 Å². The molecule has 0 fully saturated rings. The number of fused-ring (bicyclic) bond motifs is 9. The number of nitrogens with zero attached hydrogens (tertiary/aromatic N) is 3. The smallest absolute Gasteiger partial charge is 0.235 e. The van der Waals surface area contributed by atoms with E-state index in [1.165, 1.54) is 43.8 Å². The van der Waals surface area contributed by atoms with Crippen LogP contribution < -0.4 is 0 Å². The van der Waals surface area contributed by atoms with Crippen molar-refractivity contribution in [3.05, 3.63) is 151 Å². The van der Waals surface area contributed by atoms with Gasteiger partial charge in [0.2, 0.25) is 5.95 Å². The summed E-state index contributed by atoms with van der Waals surface area (Å²) < 4.78 is 8.58. The van der Waals surface area contributed by atoms with E-state index in [4.69, 9.17) is 14.4 Å². The second kappa shape index (κ2) is 9.42. The average Bonchev–Trinajstić information content (AvgIpc) is 3.68. The zero-order valence-electron chi connectivity index (χ0n) is 27.0. The molecule has 4 nitrogen and oxygen atoms in total. The van der Waals surface area contributed by atoms with Gasteiger partial charge in [-0.15, -0.1) is 0 Å². The van der Waals surface area contributed by atoms with E-state index in [0.29, 0.717) is 5.95 Å². The van der Waals surface area contributed by atoms with Gasteiger partial charge in [-0.3, -0.25) is 4.57 Å². The number of benzene rings is 7. The summed E-state index contributed by atoms with van der Waals surface area (Å²) in [6, 6.07) is 49.7. The molecule has 0 spiro atoms. The van der Waals surface area contributed by atoms with Crippen LogP contribution in [0.3, 0.4) is 0 Å². The molecule has 0 N–H and O–H groups in total. The van der Waals surface area contributed by atoms with Crippen molar-refractivity contribution < 1.29 is 4.42 Å². The van der Waals surface area contributed by atoms with Gasteiger partial charge >= 0.3 is 0 Å². The second-order valence-corrected chi connectivity index (χ2v) is 13.8. The van der Waals surface area contributed by atoms with Crippen LogP contribution in [0.5, 0.6) is 0 Å². The van der Waals surface area contributed by atoms with Crippen LogP contribution in [0.1, 0.15) is 25.0 Å². The fraction of sp³-hybridized carbons (Fsp3) is 0.0667. The maximum atomic E-state index is 6.31. The van der Waals surface area contributed by atoms with Crippen LogP contribution in [-0.4, -0.2) is 14.5 Å². The third-order valence-electron chi connectivity index (χ3n) is 10.8. The molecule has 10 aromatic rings. The second-order valence-electron chi connectivity index (χ2n) is 13.8. The first kappa shape index (κ1) is 26.8. The van der Waals surface area contributed by atoms with Crippen LogP contribution in [0.15, 0.2) is 144 Å². The highest BCUT2D eigenvalue weighted by molar-refractivity contribution is 6.15. The largest absolute Gasteiger partial charge is 0.456 e. The summed E-state index contributed by atoms with van der Waals surface area (Å²) in [7, 11) is 0. The van der Waals surface area contributed by atoms with Crippen molar-refractivity contribution in [1.29, 1.82) is 0 Å². The molecule has 3 aromatic heterocycles. The summed E-state index contributed by atoms with van der Waals surface area (Å²) in [6.45, 7) is 4.71. The molecule has 0 unspecified atom stereocenters. The van der Waals surface area contributed by atoms with Crippen LogP contribution in [0.25, 0.3) is 93.8 Å². The third-order valence-corrected chi connectivity index (χ3v) is 10.8. The number of rotatable bonds is 2. The van der Waals surface area contributed by atoms with Crippen LogP contribution in [0.4, 0.5) is 0 Å². The summed E-state index contributed by atoms with van der Waals surface area (Å²) in [5.41, 5.74) is 11.8. The highest BCUT2D eigenvalue weighted by Gasteiger charge is 2.34. The maximum absolute atomic E-state index is 6.31. The molecule has 7 aromatic carbocycles. The normalized spacial score (nSPS) is 13.7. The van der Waals surface area contributed by atoms with Crippen LogP contribution in [0.2, 0.25) is 0 Å². The molecule has 3 heterocycles. The Hall–Kier alpha value is -6.26. The predicted octanol–water partition coefficient (Wildman–Crippen LogP) is 11.8. The zero-order chi connectivity index (χ0) is 32.4. The Kier molecular flexibility index (Phi) is 5.15. The van der Waals surface area contributed by atoms with Gasteiger partial charge < -0.3 is 4.42 Å². The Morgan fingerprint density at radius 3 is 2.12 bits per heavy atom. The minimum Gasteiger partial charge on any atom is -0.456 e. The van der Waals surface area contributed by atoms with Gasteiger partial charge in [0.1, 0.15) is 11.2 Å². The summed E-state index contributed by atoms with van der Waals surface area (Å²) in [4.78, 5) is 10.8. The van der Waals surface area contributed by atoms with Crippen LogP contribution in [0, 0.1) is 0 Å². The Morgan fingerprint density at radius 2 is 1.22 bits per heavy atom. The van der Waals surface area contributed by atoms with E-state index in [0.717, 1.165) is 55.1 Å². The standard InChI is InChI=1S/C45H29N3O/c1-45(2)34-19-10-13-26-12-9-17-28(41(26)34)32-24-33-27-14-4-7-21-37(27)48(38(33)25-35(32)45)44-46-36-20-6-3-15-29(36)43(47-44)31-18-11-23-40-42(31)30-16-5-8-22-39(30)49-40/h3-25H,1-2H3. The Labute approximate surface area is 281 Å². The Morgan fingerprint density at radius 1 is 0.510 bits per heavy atom. The van der Waals surface area contributed by atoms with Gasteiger partial charge in [0.15, 0.2) is 0 Å². The van der Waals surface area contributed by atoms with Gasteiger partial charge in [0.25, 0.3) is 0 Å². The van der Waals surface area contributed by atoms with Gasteiger partial charge in [0.05, 0.1) is 22.2 Å². The monoisotopic (exact) mass is 627 g/mol. The highest BCUT2D eigenvalue weighted by atomic mass is 16.3.